The van der Waals surface area contributed by atoms with Gasteiger partial charge in [-0.25, -0.2) is 0 Å². The molecule has 0 unspecified atom stereocenters. The van der Waals surface area contributed by atoms with Crippen molar-refractivity contribution in [3.63, 3.8) is 0 Å². The summed E-state index contributed by atoms with van der Waals surface area (Å²) in [7, 11) is 0. The predicted molar refractivity (Wildman–Crippen MR) is 72.4 cm³/mol. The van der Waals surface area contributed by atoms with Crippen LogP contribution < -0.4 is 10.6 Å². The lowest BCUT2D eigenvalue weighted by atomic mass is 10.1. The molecule has 120 valence electrons. The number of carbonyl (C=O) groups is 2. The molecule has 2 amide bonds. The van der Waals surface area contributed by atoms with Crippen molar-refractivity contribution in [3.05, 3.63) is 29.8 Å². The van der Waals surface area contributed by atoms with Gasteiger partial charge in [-0.3, -0.25) is 9.59 Å². The van der Waals surface area contributed by atoms with Gasteiger partial charge in [0.25, 0.3) is 5.91 Å². The van der Waals surface area contributed by atoms with Crippen LogP contribution in [0.2, 0.25) is 0 Å². The van der Waals surface area contributed by atoms with Gasteiger partial charge >= 0.3 is 6.18 Å². The zero-order chi connectivity index (χ0) is 16.2. The highest BCUT2D eigenvalue weighted by Gasteiger charge is 2.29. The number of para-hydroxylation sites is 1. The number of carbonyl (C=O) groups excluding carboxylic acids is 2. The maximum atomic E-state index is 12.1. The number of benzene rings is 1. The molecule has 1 atom stereocenters. The second-order valence-corrected chi connectivity index (χ2v) is 4.89. The Morgan fingerprint density at radius 3 is 2.64 bits per heavy atom. The average molecular weight is 316 g/mol. The van der Waals surface area contributed by atoms with Crippen molar-refractivity contribution in [3.8, 4) is 0 Å². The Morgan fingerprint density at radius 1 is 1.27 bits per heavy atom. The highest BCUT2D eigenvalue weighted by atomic mass is 19.4. The van der Waals surface area contributed by atoms with E-state index in [4.69, 9.17) is 4.74 Å². The van der Waals surface area contributed by atoms with Gasteiger partial charge in [-0.05, 0) is 18.6 Å². The minimum Gasteiger partial charge on any atom is -0.381 e. The van der Waals surface area contributed by atoms with Crippen LogP contribution in [-0.4, -0.2) is 37.7 Å². The summed E-state index contributed by atoms with van der Waals surface area (Å²) in [5, 5.41) is 4.35. The van der Waals surface area contributed by atoms with Crippen molar-refractivity contribution in [1.29, 1.82) is 0 Å². The molecule has 22 heavy (non-hydrogen) atoms. The fourth-order valence-electron chi connectivity index (χ4n) is 2.04. The summed E-state index contributed by atoms with van der Waals surface area (Å²) >= 11 is 0. The number of nitrogens with one attached hydrogen (secondary N) is 2. The highest BCUT2D eigenvalue weighted by Crippen LogP contribution is 2.20. The van der Waals surface area contributed by atoms with E-state index in [0.29, 0.717) is 19.6 Å². The standard InChI is InChI=1S/C14H15F3N2O3/c15-14(16,17)8-18-13(21)10-3-1-2-4-11(10)19-12(20)9-5-6-22-7-9/h1-4,9H,5-8H2,(H,18,21)(H,19,20)/t9-/m0/s1. The number of rotatable bonds is 4. The molecule has 5 nitrogen and oxygen atoms in total. The summed E-state index contributed by atoms with van der Waals surface area (Å²) in [5.41, 5.74) is 0.165. The van der Waals surface area contributed by atoms with E-state index in [0.717, 1.165) is 0 Å². The van der Waals surface area contributed by atoms with E-state index in [2.05, 4.69) is 5.32 Å². The van der Waals surface area contributed by atoms with Crippen molar-refractivity contribution in [2.24, 2.45) is 5.92 Å². The van der Waals surface area contributed by atoms with Crippen LogP contribution in [0.15, 0.2) is 24.3 Å². The first-order valence-electron chi connectivity index (χ1n) is 6.69. The summed E-state index contributed by atoms with van der Waals surface area (Å²) < 4.78 is 41.5. The third-order valence-electron chi connectivity index (χ3n) is 3.18. The highest BCUT2D eigenvalue weighted by molar-refractivity contribution is 6.04. The molecule has 2 rings (SSSR count). The Kier molecular flexibility index (Phi) is 5.02. The van der Waals surface area contributed by atoms with Crippen LogP contribution in [-0.2, 0) is 9.53 Å². The topological polar surface area (TPSA) is 67.4 Å². The van der Waals surface area contributed by atoms with Gasteiger partial charge in [0, 0.05) is 6.61 Å². The number of ether oxygens (including phenoxy) is 1. The second-order valence-electron chi connectivity index (χ2n) is 4.89. The fraction of sp³-hybridized carbons (Fsp3) is 0.429. The molecule has 1 heterocycles. The molecule has 1 aliphatic rings. The molecule has 0 saturated carbocycles. The van der Waals surface area contributed by atoms with E-state index in [9.17, 15) is 22.8 Å². The third kappa shape index (κ3) is 4.45. The molecule has 0 aromatic heterocycles. The predicted octanol–water partition coefficient (Wildman–Crippen LogP) is 1.95. The Bertz CT molecular complexity index is 555. The molecule has 1 aromatic carbocycles. The lowest BCUT2D eigenvalue weighted by Gasteiger charge is -2.14. The van der Waals surface area contributed by atoms with Crippen molar-refractivity contribution in [1.82, 2.24) is 5.32 Å². The summed E-state index contributed by atoms with van der Waals surface area (Å²) in [6.45, 7) is -0.634. The molecular weight excluding hydrogens is 301 g/mol. The van der Waals surface area contributed by atoms with E-state index in [1.165, 1.54) is 18.2 Å². The minimum absolute atomic E-state index is 0.0148. The number of alkyl halides is 3. The third-order valence-corrected chi connectivity index (χ3v) is 3.18. The van der Waals surface area contributed by atoms with E-state index in [-0.39, 0.29) is 23.1 Å². The van der Waals surface area contributed by atoms with E-state index in [1.807, 2.05) is 0 Å². The van der Waals surface area contributed by atoms with Crippen molar-refractivity contribution >= 4 is 17.5 Å². The number of amides is 2. The Morgan fingerprint density at radius 2 is 2.00 bits per heavy atom. The molecular formula is C14H15F3N2O3. The summed E-state index contributed by atoms with van der Waals surface area (Å²) in [5.74, 6) is -1.52. The van der Waals surface area contributed by atoms with Crippen LogP contribution in [0.1, 0.15) is 16.8 Å². The van der Waals surface area contributed by atoms with E-state index >= 15 is 0 Å². The molecule has 0 spiro atoms. The SMILES string of the molecule is O=C(NCC(F)(F)F)c1ccccc1NC(=O)[C@H]1CCOC1. The molecule has 1 aromatic rings. The van der Waals surface area contributed by atoms with Crippen LogP contribution in [0.3, 0.4) is 0 Å². The summed E-state index contributed by atoms with van der Waals surface area (Å²) in [6.07, 6.45) is -3.91. The Labute approximate surface area is 124 Å². The van der Waals surface area contributed by atoms with Gasteiger partial charge in [-0.15, -0.1) is 0 Å². The zero-order valence-corrected chi connectivity index (χ0v) is 11.6. The molecule has 0 aliphatic carbocycles. The Balaban J connectivity index is 2.05. The largest absolute Gasteiger partial charge is 0.405 e. The van der Waals surface area contributed by atoms with Gasteiger partial charge in [0.2, 0.25) is 5.91 Å². The maximum absolute atomic E-state index is 12.1. The maximum Gasteiger partial charge on any atom is 0.405 e. The van der Waals surface area contributed by atoms with Gasteiger partial charge in [0.1, 0.15) is 6.54 Å². The number of halogens is 3. The number of anilines is 1. The molecule has 1 fully saturated rings. The minimum atomic E-state index is -4.49. The van der Waals surface area contributed by atoms with Crippen LogP contribution in [0, 0.1) is 5.92 Å². The lowest BCUT2D eigenvalue weighted by molar-refractivity contribution is -0.123. The van der Waals surface area contributed by atoms with Crippen LogP contribution >= 0.6 is 0 Å². The molecule has 8 heteroatoms. The molecule has 2 N–H and O–H groups in total. The van der Waals surface area contributed by atoms with Gasteiger partial charge < -0.3 is 15.4 Å². The first kappa shape index (κ1) is 16.3. The number of hydrogen-bond donors (Lipinski definition) is 2. The first-order chi connectivity index (χ1) is 10.4. The van der Waals surface area contributed by atoms with Gasteiger partial charge in [-0.2, -0.15) is 13.2 Å². The molecule has 1 saturated heterocycles. The second kappa shape index (κ2) is 6.78. The molecule has 0 radical (unpaired) electrons. The molecule has 0 bridgehead atoms. The van der Waals surface area contributed by atoms with E-state index < -0.39 is 18.6 Å². The van der Waals surface area contributed by atoms with Crippen LogP contribution in [0.5, 0.6) is 0 Å². The molecule has 1 aliphatic heterocycles. The summed E-state index contributed by atoms with van der Waals surface area (Å²) in [4.78, 5) is 23.8. The monoisotopic (exact) mass is 316 g/mol. The van der Waals surface area contributed by atoms with Crippen molar-refractivity contribution in [2.75, 3.05) is 25.1 Å². The van der Waals surface area contributed by atoms with E-state index in [1.54, 1.807) is 11.4 Å². The first-order valence-corrected chi connectivity index (χ1v) is 6.69. The van der Waals surface area contributed by atoms with Crippen LogP contribution in [0.4, 0.5) is 18.9 Å². The van der Waals surface area contributed by atoms with Crippen molar-refractivity contribution in [2.45, 2.75) is 12.6 Å². The number of hydrogen-bond acceptors (Lipinski definition) is 3. The zero-order valence-electron chi connectivity index (χ0n) is 11.6. The van der Waals surface area contributed by atoms with Crippen LogP contribution in [0.25, 0.3) is 0 Å². The van der Waals surface area contributed by atoms with Gasteiger partial charge in [0.15, 0.2) is 0 Å². The van der Waals surface area contributed by atoms with Gasteiger partial charge in [-0.1, -0.05) is 12.1 Å². The summed E-state index contributed by atoms with van der Waals surface area (Å²) in [6, 6.07) is 5.92. The quantitative estimate of drug-likeness (QED) is 0.892. The van der Waals surface area contributed by atoms with Gasteiger partial charge in [0.05, 0.1) is 23.8 Å². The lowest BCUT2D eigenvalue weighted by Crippen LogP contribution is -2.34. The fourth-order valence-corrected chi connectivity index (χ4v) is 2.04. The average Bonchev–Trinajstić information content (AvgIpc) is 2.99. The normalized spacial score (nSPS) is 18.0. The Hall–Kier alpha value is -2.09. The smallest absolute Gasteiger partial charge is 0.381 e. The van der Waals surface area contributed by atoms with Crippen molar-refractivity contribution < 1.29 is 27.5 Å².